The largest absolute Gasteiger partial charge is 0.493 e. The first-order valence-corrected chi connectivity index (χ1v) is 9.69. The number of hydrogen-bond donors (Lipinski definition) is 2. The molecule has 1 saturated heterocycles. The molecule has 0 radical (unpaired) electrons. The lowest BCUT2D eigenvalue weighted by molar-refractivity contribution is -0.144. The van der Waals surface area contributed by atoms with Crippen LogP contribution in [0.2, 0.25) is 0 Å². The lowest BCUT2D eigenvalue weighted by atomic mass is 10.0. The number of carbonyl (C=O) groups excluding carboxylic acids is 3. The van der Waals surface area contributed by atoms with E-state index in [1.165, 1.54) is 26.2 Å². The van der Waals surface area contributed by atoms with Crippen LogP contribution < -0.4 is 19.7 Å². The van der Waals surface area contributed by atoms with Gasteiger partial charge in [-0.15, -0.1) is 0 Å². The van der Waals surface area contributed by atoms with Crippen molar-refractivity contribution in [2.45, 2.75) is 26.9 Å². The van der Waals surface area contributed by atoms with E-state index in [2.05, 4.69) is 5.32 Å². The van der Waals surface area contributed by atoms with E-state index in [9.17, 15) is 24.3 Å². The van der Waals surface area contributed by atoms with Gasteiger partial charge in [0.1, 0.15) is 5.57 Å². The molecule has 0 aromatic heterocycles. The summed E-state index contributed by atoms with van der Waals surface area (Å²) in [7, 11) is 1.38. The molecule has 166 valence electrons. The van der Waals surface area contributed by atoms with Crippen LogP contribution in [0.25, 0.3) is 6.08 Å². The molecule has 32 heavy (non-hydrogen) atoms. The molecule has 2 aromatic rings. The highest BCUT2D eigenvalue weighted by Crippen LogP contribution is 2.34. The highest BCUT2D eigenvalue weighted by Gasteiger charge is 2.37. The monoisotopic (exact) mass is 438 g/mol. The Kier molecular flexibility index (Phi) is 6.29. The second-order valence-corrected chi connectivity index (χ2v) is 7.20. The number of amides is 4. The Morgan fingerprint density at radius 1 is 1.12 bits per heavy atom. The van der Waals surface area contributed by atoms with Crippen LogP contribution in [-0.2, 0) is 14.4 Å². The van der Waals surface area contributed by atoms with E-state index in [1.54, 1.807) is 30.3 Å². The quantitative estimate of drug-likeness (QED) is 0.525. The highest BCUT2D eigenvalue weighted by molar-refractivity contribution is 6.39. The van der Waals surface area contributed by atoms with Gasteiger partial charge in [-0.2, -0.15) is 0 Å². The van der Waals surface area contributed by atoms with Gasteiger partial charge >= 0.3 is 12.0 Å². The molecule has 9 nitrogen and oxygen atoms in total. The van der Waals surface area contributed by atoms with Gasteiger partial charge in [0.25, 0.3) is 11.8 Å². The molecule has 1 aliphatic heterocycles. The fourth-order valence-corrected chi connectivity index (χ4v) is 3.07. The number of carboxylic acids is 1. The maximum absolute atomic E-state index is 13.2. The molecule has 0 bridgehead atoms. The number of barbiturate groups is 1. The Bertz CT molecular complexity index is 1150. The average molecular weight is 438 g/mol. The first kappa shape index (κ1) is 22.5. The second-order valence-electron chi connectivity index (χ2n) is 7.20. The fraction of sp³-hybridized carbons (Fsp3) is 0.217. The number of carbonyl (C=O) groups is 4. The average Bonchev–Trinajstić information content (AvgIpc) is 2.74. The normalized spacial score (nSPS) is 16.1. The van der Waals surface area contributed by atoms with Crippen LogP contribution in [0.15, 0.2) is 42.0 Å². The van der Waals surface area contributed by atoms with E-state index in [1.807, 2.05) is 13.8 Å². The topological polar surface area (TPSA) is 122 Å². The number of aryl methyl sites for hydroxylation is 2. The van der Waals surface area contributed by atoms with Gasteiger partial charge in [-0.3, -0.25) is 14.9 Å². The molecule has 0 spiro atoms. The van der Waals surface area contributed by atoms with Crippen molar-refractivity contribution in [3.8, 4) is 11.5 Å². The molecular weight excluding hydrogens is 416 g/mol. The number of anilines is 1. The lowest BCUT2D eigenvalue weighted by Crippen LogP contribution is -2.54. The van der Waals surface area contributed by atoms with Crippen LogP contribution in [0.5, 0.6) is 11.5 Å². The molecule has 1 fully saturated rings. The number of nitrogens with zero attached hydrogens (tertiary/aromatic N) is 1. The van der Waals surface area contributed by atoms with Gasteiger partial charge in [0.15, 0.2) is 17.6 Å². The van der Waals surface area contributed by atoms with Crippen LogP contribution in [0.4, 0.5) is 10.5 Å². The molecule has 3 rings (SSSR count). The van der Waals surface area contributed by atoms with Crippen molar-refractivity contribution in [2.24, 2.45) is 0 Å². The number of aliphatic carboxylic acids is 1. The summed E-state index contributed by atoms with van der Waals surface area (Å²) in [5, 5.41) is 11.4. The highest BCUT2D eigenvalue weighted by atomic mass is 16.5. The molecule has 0 unspecified atom stereocenters. The standard InChI is InChI=1S/C23H22N2O7/c1-12-8-9-16(10-13(12)2)25-21(27)17(20(26)24-23(25)30)11-15-6-5-7-18(31-4)19(15)32-14(3)22(28)29/h5-11,14H,1-4H3,(H,28,29)(H,24,26,30)/b17-11+/t14-/m1/s1. The Hall–Kier alpha value is -4.14. The molecule has 2 aromatic carbocycles. The predicted molar refractivity (Wildman–Crippen MR) is 116 cm³/mol. The van der Waals surface area contributed by atoms with Crippen molar-refractivity contribution in [1.29, 1.82) is 0 Å². The van der Waals surface area contributed by atoms with E-state index < -0.39 is 29.9 Å². The maximum atomic E-state index is 13.2. The number of hydrogen-bond acceptors (Lipinski definition) is 6. The summed E-state index contributed by atoms with van der Waals surface area (Å²) in [6.45, 7) is 5.08. The van der Waals surface area contributed by atoms with Crippen LogP contribution in [-0.4, -0.2) is 42.1 Å². The van der Waals surface area contributed by atoms with E-state index in [-0.39, 0.29) is 22.6 Å². The zero-order valence-corrected chi connectivity index (χ0v) is 18.0. The minimum absolute atomic E-state index is 0.0487. The third-order valence-corrected chi connectivity index (χ3v) is 5.02. The van der Waals surface area contributed by atoms with Gasteiger partial charge in [-0.25, -0.2) is 14.5 Å². The van der Waals surface area contributed by atoms with Gasteiger partial charge in [-0.05, 0) is 56.2 Å². The van der Waals surface area contributed by atoms with Gasteiger partial charge in [0, 0.05) is 5.56 Å². The predicted octanol–water partition coefficient (Wildman–Crippen LogP) is 2.83. The number of urea groups is 1. The van der Waals surface area contributed by atoms with Crippen LogP contribution >= 0.6 is 0 Å². The van der Waals surface area contributed by atoms with Crippen LogP contribution in [0, 0.1) is 13.8 Å². The van der Waals surface area contributed by atoms with Crippen molar-refractivity contribution in [1.82, 2.24) is 5.32 Å². The zero-order chi connectivity index (χ0) is 23.6. The van der Waals surface area contributed by atoms with Crippen molar-refractivity contribution in [3.05, 3.63) is 58.7 Å². The third-order valence-electron chi connectivity index (χ3n) is 5.02. The number of imide groups is 2. The maximum Gasteiger partial charge on any atom is 0.344 e. The lowest BCUT2D eigenvalue weighted by Gasteiger charge is -2.27. The molecule has 1 aliphatic rings. The summed E-state index contributed by atoms with van der Waals surface area (Å²) in [5.41, 5.74) is 2.10. The molecule has 1 atom stereocenters. The number of carboxylic acid groups (broad SMARTS) is 1. The second kappa shape index (κ2) is 8.93. The molecular formula is C23H22N2O7. The van der Waals surface area contributed by atoms with Gasteiger partial charge in [0.2, 0.25) is 0 Å². The third kappa shape index (κ3) is 4.31. The summed E-state index contributed by atoms with van der Waals surface area (Å²) in [6.07, 6.45) is 0.0258. The number of methoxy groups -OCH3 is 1. The fourth-order valence-electron chi connectivity index (χ4n) is 3.07. The number of benzene rings is 2. The summed E-state index contributed by atoms with van der Waals surface area (Å²) in [6, 6.07) is 8.89. The zero-order valence-electron chi connectivity index (χ0n) is 18.0. The molecule has 0 aliphatic carbocycles. The van der Waals surface area contributed by atoms with E-state index >= 15 is 0 Å². The minimum Gasteiger partial charge on any atom is -0.493 e. The van der Waals surface area contributed by atoms with E-state index in [0.29, 0.717) is 5.69 Å². The first-order valence-electron chi connectivity index (χ1n) is 9.69. The molecule has 1 heterocycles. The summed E-state index contributed by atoms with van der Waals surface area (Å²) in [5.74, 6) is -2.62. The molecule has 4 amide bonds. The van der Waals surface area contributed by atoms with Crippen molar-refractivity contribution in [2.75, 3.05) is 12.0 Å². The summed E-state index contributed by atoms with van der Waals surface area (Å²) in [4.78, 5) is 50.2. The smallest absolute Gasteiger partial charge is 0.344 e. The van der Waals surface area contributed by atoms with Crippen molar-refractivity contribution < 1.29 is 33.8 Å². The van der Waals surface area contributed by atoms with E-state index in [0.717, 1.165) is 16.0 Å². The minimum atomic E-state index is -1.21. The number of para-hydroxylation sites is 1. The van der Waals surface area contributed by atoms with Crippen LogP contribution in [0.1, 0.15) is 23.6 Å². The Labute approximate surface area is 184 Å². The van der Waals surface area contributed by atoms with Gasteiger partial charge in [-0.1, -0.05) is 18.2 Å². The Morgan fingerprint density at radius 2 is 1.84 bits per heavy atom. The van der Waals surface area contributed by atoms with Gasteiger partial charge < -0.3 is 14.6 Å². The summed E-state index contributed by atoms with van der Waals surface area (Å²) < 4.78 is 10.8. The Balaban J connectivity index is 2.08. The Morgan fingerprint density at radius 3 is 2.47 bits per heavy atom. The molecule has 0 saturated carbocycles. The number of ether oxygens (including phenoxy) is 2. The van der Waals surface area contributed by atoms with Crippen molar-refractivity contribution in [3.63, 3.8) is 0 Å². The van der Waals surface area contributed by atoms with Gasteiger partial charge in [0.05, 0.1) is 12.8 Å². The molecule has 2 N–H and O–H groups in total. The summed E-state index contributed by atoms with van der Waals surface area (Å²) >= 11 is 0. The van der Waals surface area contributed by atoms with Crippen molar-refractivity contribution >= 4 is 35.6 Å². The molecule has 9 heteroatoms. The van der Waals surface area contributed by atoms with E-state index in [4.69, 9.17) is 9.47 Å². The first-order chi connectivity index (χ1) is 15.1. The SMILES string of the molecule is COc1cccc(/C=C2\C(=O)NC(=O)N(c3ccc(C)c(C)c3)C2=O)c1O[C@H](C)C(=O)O. The number of nitrogens with one attached hydrogen (secondary N) is 1. The van der Waals surface area contributed by atoms with Crippen LogP contribution in [0.3, 0.4) is 0 Å². The number of rotatable bonds is 6.